The van der Waals surface area contributed by atoms with Gasteiger partial charge in [0.2, 0.25) is 0 Å². The first-order valence-electron chi connectivity index (χ1n) is 6.28. The Balaban J connectivity index is 2.36. The number of aryl methyl sites for hydroxylation is 1. The number of nitrogens with two attached hydrogens (primary N) is 1. The third-order valence-corrected chi connectivity index (χ3v) is 3.47. The first-order valence-corrected chi connectivity index (χ1v) is 6.28. The number of rotatable bonds is 4. The Morgan fingerprint density at radius 2 is 2.00 bits per heavy atom. The highest BCUT2D eigenvalue weighted by Gasteiger charge is 2.12. The number of ether oxygens (including phenoxy) is 1. The Morgan fingerprint density at radius 1 is 1.26 bits per heavy atom. The first kappa shape index (κ1) is 13.5. The molecule has 0 aliphatic heterocycles. The summed E-state index contributed by atoms with van der Waals surface area (Å²) in [4.78, 5) is 4.49. The lowest BCUT2D eigenvalue weighted by molar-refractivity contribution is 0.406. The van der Waals surface area contributed by atoms with Gasteiger partial charge in [-0.15, -0.1) is 0 Å². The molecule has 0 spiro atoms. The number of pyridine rings is 1. The van der Waals surface area contributed by atoms with Crippen molar-refractivity contribution in [1.29, 1.82) is 0 Å². The molecule has 2 N–H and O–H groups in total. The minimum absolute atomic E-state index is 0.509. The number of hydrogen-bond acceptors (Lipinski definition) is 4. The first-order chi connectivity index (χ1) is 9.08. The van der Waals surface area contributed by atoms with Crippen LogP contribution in [0.3, 0.4) is 0 Å². The Kier molecular flexibility index (Phi) is 3.85. The van der Waals surface area contributed by atoms with Crippen molar-refractivity contribution >= 4 is 0 Å². The third kappa shape index (κ3) is 2.46. The highest BCUT2D eigenvalue weighted by molar-refractivity contribution is 5.41. The second-order valence-electron chi connectivity index (χ2n) is 4.66. The quantitative estimate of drug-likeness (QED) is 0.909. The van der Waals surface area contributed by atoms with Crippen LogP contribution in [0.25, 0.3) is 0 Å². The molecule has 0 aromatic carbocycles. The Hall–Kier alpha value is -1.88. The number of hydrogen-bond donors (Lipinski definition) is 1. The summed E-state index contributed by atoms with van der Waals surface area (Å²) in [5.41, 5.74) is 10.9. The largest absolute Gasteiger partial charge is 0.496 e. The summed E-state index contributed by atoms with van der Waals surface area (Å²) in [6, 6.07) is 0. The zero-order valence-corrected chi connectivity index (χ0v) is 11.9. The minimum atomic E-state index is 0.509. The van der Waals surface area contributed by atoms with Crippen LogP contribution in [0.5, 0.6) is 5.75 Å². The molecular formula is C14H20N4O. The molecule has 102 valence electrons. The number of nitrogens with zero attached hydrogens (tertiary/aromatic N) is 3. The van der Waals surface area contributed by atoms with Crippen molar-refractivity contribution in [2.45, 2.75) is 33.9 Å². The van der Waals surface area contributed by atoms with E-state index in [0.29, 0.717) is 13.1 Å². The molecule has 2 aromatic rings. The Labute approximate surface area is 113 Å². The maximum absolute atomic E-state index is 5.66. The number of methoxy groups -OCH3 is 1. The molecule has 0 radical (unpaired) electrons. The van der Waals surface area contributed by atoms with E-state index < -0.39 is 0 Å². The molecular weight excluding hydrogens is 240 g/mol. The van der Waals surface area contributed by atoms with Crippen LogP contribution in [0.15, 0.2) is 12.4 Å². The average molecular weight is 260 g/mol. The van der Waals surface area contributed by atoms with E-state index in [4.69, 9.17) is 10.5 Å². The Bertz CT molecular complexity index is 589. The van der Waals surface area contributed by atoms with E-state index in [1.807, 2.05) is 37.8 Å². The van der Waals surface area contributed by atoms with Gasteiger partial charge in [-0.2, -0.15) is 5.10 Å². The van der Waals surface area contributed by atoms with Crippen LogP contribution >= 0.6 is 0 Å². The van der Waals surface area contributed by atoms with E-state index in [1.54, 1.807) is 7.11 Å². The van der Waals surface area contributed by atoms with Gasteiger partial charge in [0.1, 0.15) is 5.75 Å². The summed E-state index contributed by atoms with van der Waals surface area (Å²) in [5.74, 6) is 0.897. The molecule has 0 saturated heterocycles. The van der Waals surface area contributed by atoms with Crippen LogP contribution < -0.4 is 10.5 Å². The van der Waals surface area contributed by atoms with Crippen LogP contribution in [-0.2, 0) is 13.1 Å². The molecule has 0 saturated carbocycles. The summed E-state index contributed by atoms with van der Waals surface area (Å²) >= 11 is 0. The van der Waals surface area contributed by atoms with E-state index in [-0.39, 0.29) is 0 Å². The molecule has 5 nitrogen and oxygen atoms in total. The maximum atomic E-state index is 5.66. The summed E-state index contributed by atoms with van der Waals surface area (Å²) in [6.07, 6.45) is 3.65. The lowest BCUT2D eigenvalue weighted by atomic mass is 10.1. The predicted octanol–water partition coefficient (Wildman–Crippen LogP) is 1.72. The van der Waals surface area contributed by atoms with E-state index in [9.17, 15) is 0 Å². The topological polar surface area (TPSA) is 66.0 Å². The van der Waals surface area contributed by atoms with Gasteiger partial charge in [0.05, 0.1) is 25.5 Å². The van der Waals surface area contributed by atoms with Crippen molar-refractivity contribution in [3.05, 3.63) is 40.5 Å². The molecule has 19 heavy (non-hydrogen) atoms. The molecule has 2 rings (SSSR count). The smallest absolute Gasteiger partial charge is 0.128 e. The van der Waals surface area contributed by atoms with E-state index >= 15 is 0 Å². The van der Waals surface area contributed by atoms with Gasteiger partial charge in [0, 0.05) is 35.1 Å². The van der Waals surface area contributed by atoms with Crippen molar-refractivity contribution in [2.24, 2.45) is 5.73 Å². The van der Waals surface area contributed by atoms with E-state index in [0.717, 1.165) is 33.8 Å². The van der Waals surface area contributed by atoms with Gasteiger partial charge in [-0.1, -0.05) is 0 Å². The van der Waals surface area contributed by atoms with E-state index in [2.05, 4.69) is 10.1 Å². The highest BCUT2D eigenvalue weighted by Crippen LogP contribution is 2.24. The highest BCUT2D eigenvalue weighted by atomic mass is 16.5. The van der Waals surface area contributed by atoms with Crippen LogP contribution in [-0.4, -0.2) is 21.9 Å². The van der Waals surface area contributed by atoms with Crippen molar-refractivity contribution < 1.29 is 4.74 Å². The van der Waals surface area contributed by atoms with Gasteiger partial charge in [-0.05, 0) is 20.8 Å². The molecule has 2 heterocycles. The van der Waals surface area contributed by atoms with Crippen molar-refractivity contribution in [3.8, 4) is 5.75 Å². The molecule has 0 atom stereocenters. The summed E-state index contributed by atoms with van der Waals surface area (Å²) in [7, 11) is 1.69. The maximum Gasteiger partial charge on any atom is 0.128 e. The van der Waals surface area contributed by atoms with Crippen LogP contribution in [0, 0.1) is 20.8 Å². The SMILES string of the molecule is COc1c(C)cnc(Cn2ncc(CN)c2C)c1C. The van der Waals surface area contributed by atoms with Crippen LogP contribution in [0.2, 0.25) is 0 Å². The van der Waals surface area contributed by atoms with Gasteiger partial charge < -0.3 is 10.5 Å². The standard InChI is InChI=1S/C14H20N4O/c1-9-6-16-13(10(2)14(9)19-4)8-18-11(3)12(5-15)7-17-18/h6-7H,5,8,15H2,1-4H3. The lowest BCUT2D eigenvalue weighted by Gasteiger charge is -2.13. The predicted molar refractivity (Wildman–Crippen MR) is 74.2 cm³/mol. The molecule has 0 aliphatic carbocycles. The fraction of sp³-hybridized carbons (Fsp3) is 0.429. The monoisotopic (exact) mass is 260 g/mol. The summed E-state index contributed by atoms with van der Waals surface area (Å²) in [5, 5.41) is 4.36. The molecule has 0 bridgehead atoms. The molecule has 0 fully saturated rings. The van der Waals surface area contributed by atoms with E-state index in [1.165, 1.54) is 0 Å². The van der Waals surface area contributed by atoms with Crippen molar-refractivity contribution in [1.82, 2.24) is 14.8 Å². The minimum Gasteiger partial charge on any atom is -0.496 e. The fourth-order valence-electron chi connectivity index (χ4n) is 2.22. The fourth-order valence-corrected chi connectivity index (χ4v) is 2.22. The second-order valence-corrected chi connectivity index (χ2v) is 4.66. The summed E-state index contributed by atoms with van der Waals surface area (Å²) in [6.45, 7) is 7.19. The summed E-state index contributed by atoms with van der Waals surface area (Å²) < 4.78 is 7.34. The van der Waals surface area contributed by atoms with Crippen LogP contribution in [0.1, 0.15) is 28.1 Å². The lowest BCUT2D eigenvalue weighted by Crippen LogP contribution is -2.09. The molecule has 0 aliphatic rings. The molecule has 0 amide bonds. The van der Waals surface area contributed by atoms with Gasteiger partial charge in [-0.25, -0.2) is 0 Å². The Morgan fingerprint density at radius 3 is 2.58 bits per heavy atom. The molecule has 5 heteroatoms. The zero-order valence-electron chi connectivity index (χ0n) is 11.9. The normalized spacial score (nSPS) is 10.8. The third-order valence-electron chi connectivity index (χ3n) is 3.47. The van der Waals surface area contributed by atoms with Gasteiger partial charge in [0.15, 0.2) is 0 Å². The molecule has 0 unspecified atom stereocenters. The number of aromatic nitrogens is 3. The van der Waals surface area contributed by atoms with Crippen molar-refractivity contribution in [3.63, 3.8) is 0 Å². The second kappa shape index (κ2) is 5.40. The zero-order chi connectivity index (χ0) is 14.0. The van der Waals surface area contributed by atoms with Crippen LogP contribution in [0.4, 0.5) is 0 Å². The van der Waals surface area contributed by atoms with Crippen molar-refractivity contribution in [2.75, 3.05) is 7.11 Å². The van der Waals surface area contributed by atoms with Gasteiger partial charge >= 0.3 is 0 Å². The van der Waals surface area contributed by atoms with Gasteiger partial charge in [-0.3, -0.25) is 9.67 Å². The molecule has 2 aromatic heterocycles. The van der Waals surface area contributed by atoms with Gasteiger partial charge in [0.25, 0.3) is 0 Å². The average Bonchev–Trinajstić information content (AvgIpc) is 2.74.